The van der Waals surface area contributed by atoms with Gasteiger partial charge in [-0.2, -0.15) is 4.98 Å². The summed E-state index contributed by atoms with van der Waals surface area (Å²) in [6, 6.07) is 15.2. The van der Waals surface area contributed by atoms with Gasteiger partial charge in [0.25, 0.3) is 0 Å². The molecule has 0 atom stereocenters. The van der Waals surface area contributed by atoms with Gasteiger partial charge in [0, 0.05) is 19.2 Å². The van der Waals surface area contributed by atoms with E-state index >= 15 is 0 Å². The van der Waals surface area contributed by atoms with Crippen LogP contribution in [0.5, 0.6) is 5.88 Å². The van der Waals surface area contributed by atoms with Gasteiger partial charge in [-0.05, 0) is 11.6 Å². The molecule has 6 heteroatoms. The molecule has 0 saturated carbocycles. The van der Waals surface area contributed by atoms with E-state index in [2.05, 4.69) is 15.3 Å². The van der Waals surface area contributed by atoms with Crippen molar-refractivity contribution in [3.8, 4) is 16.3 Å². The van der Waals surface area contributed by atoms with E-state index in [9.17, 15) is 4.79 Å². The molecule has 0 aliphatic carbocycles. The molecule has 110 valence electrons. The number of carbonyl (C=O) groups excluding carboxylic acids is 1. The van der Waals surface area contributed by atoms with Crippen molar-refractivity contribution in [2.45, 2.75) is 6.92 Å². The summed E-state index contributed by atoms with van der Waals surface area (Å²) in [7, 11) is 0. The van der Waals surface area contributed by atoms with Crippen LogP contribution in [0, 0.1) is 0 Å². The minimum Gasteiger partial charge on any atom is -0.408 e. The minimum atomic E-state index is -0.398. The molecule has 0 aliphatic rings. The molecule has 0 amide bonds. The first-order valence-corrected chi connectivity index (χ1v) is 7.46. The van der Waals surface area contributed by atoms with Gasteiger partial charge in [-0.1, -0.05) is 47.7 Å². The summed E-state index contributed by atoms with van der Waals surface area (Å²) in [6.07, 6.45) is 1.82. The molecule has 0 saturated heterocycles. The van der Waals surface area contributed by atoms with Crippen molar-refractivity contribution < 1.29 is 9.53 Å². The van der Waals surface area contributed by atoms with Crippen LogP contribution in [-0.4, -0.2) is 15.9 Å². The number of aromatic nitrogens is 2. The lowest BCUT2D eigenvalue weighted by Gasteiger charge is -2.04. The first kappa shape index (κ1) is 14.2. The van der Waals surface area contributed by atoms with E-state index in [-0.39, 0.29) is 5.88 Å². The van der Waals surface area contributed by atoms with E-state index in [1.165, 1.54) is 18.3 Å². The normalized spacial score (nSPS) is 10.2. The molecule has 0 spiro atoms. The molecule has 0 bridgehead atoms. The van der Waals surface area contributed by atoms with Crippen LogP contribution in [0.1, 0.15) is 6.92 Å². The highest BCUT2D eigenvalue weighted by Gasteiger charge is 2.06. The second kappa shape index (κ2) is 6.36. The van der Waals surface area contributed by atoms with Crippen LogP contribution in [0.2, 0.25) is 0 Å². The van der Waals surface area contributed by atoms with Gasteiger partial charge in [-0.15, -0.1) is 0 Å². The molecule has 0 aliphatic heterocycles. The number of hydrogen-bond acceptors (Lipinski definition) is 6. The molecule has 3 rings (SSSR count). The second-order valence-electron chi connectivity index (χ2n) is 4.48. The molecule has 0 fully saturated rings. The molecule has 0 radical (unpaired) electrons. The van der Waals surface area contributed by atoms with Crippen molar-refractivity contribution in [3.63, 3.8) is 0 Å². The Balaban J connectivity index is 1.77. The van der Waals surface area contributed by atoms with Gasteiger partial charge in [0.1, 0.15) is 5.82 Å². The molecule has 3 aromatic rings. The standard InChI is InChI=1S/C16H13N3O2S/c1-11(20)21-15-9-5-8-14(18-15)19-16-17-10-13(22-16)12-6-3-2-4-7-12/h2-10H,1H3,(H,17,18,19). The molecule has 2 heterocycles. The highest BCUT2D eigenvalue weighted by molar-refractivity contribution is 7.18. The Morgan fingerprint density at radius 3 is 2.73 bits per heavy atom. The lowest BCUT2D eigenvalue weighted by molar-refractivity contribution is -0.132. The number of pyridine rings is 1. The van der Waals surface area contributed by atoms with E-state index < -0.39 is 5.97 Å². The predicted octanol–water partition coefficient (Wildman–Crippen LogP) is 3.87. The highest BCUT2D eigenvalue weighted by Crippen LogP contribution is 2.30. The number of nitrogens with one attached hydrogen (secondary N) is 1. The van der Waals surface area contributed by atoms with Crippen LogP contribution in [-0.2, 0) is 4.79 Å². The number of hydrogen-bond donors (Lipinski definition) is 1. The third-order valence-electron chi connectivity index (χ3n) is 2.77. The van der Waals surface area contributed by atoms with E-state index in [4.69, 9.17) is 4.74 Å². The quantitative estimate of drug-likeness (QED) is 0.741. The fraction of sp³-hybridized carbons (Fsp3) is 0.0625. The van der Waals surface area contributed by atoms with Gasteiger partial charge in [-0.3, -0.25) is 4.79 Å². The van der Waals surface area contributed by atoms with Crippen molar-refractivity contribution in [1.82, 2.24) is 9.97 Å². The summed E-state index contributed by atoms with van der Waals surface area (Å²) in [5.74, 6) is 0.440. The third kappa shape index (κ3) is 3.48. The maximum absolute atomic E-state index is 11.0. The van der Waals surface area contributed by atoms with Crippen LogP contribution in [0.3, 0.4) is 0 Å². The van der Waals surface area contributed by atoms with Crippen LogP contribution in [0.4, 0.5) is 10.9 Å². The predicted molar refractivity (Wildman–Crippen MR) is 86.4 cm³/mol. The average molecular weight is 311 g/mol. The van der Waals surface area contributed by atoms with Gasteiger partial charge in [0.05, 0.1) is 4.88 Å². The number of ether oxygens (including phenoxy) is 1. The largest absolute Gasteiger partial charge is 0.408 e. The first-order chi connectivity index (χ1) is 10.7. The van der Waals surface area contributed by atoms with Gasteiger partial charge in [-0.25, -0.2) is 4.98 Å². The van der Waals surface area contributed by atoms with Crippen molar-refractivity contribution in [2.75, 3.05) is 5.32 Å². The molecule has 5 nitrogen and oxygen atoms in total. The molecule has 0 unspecified atom stereocenters. The van der Waals surface area contributed by atoms with Crippen molar-refractivity contribution >= 4 is 28.3 Å². The monoisotopic (exact) mass is 311 g/mol. The number of rotatable bonds is 4. The SMILES string of the molecule is CC(=O)Oc1cccc(Nc2ncc(-c3ccccc3)s2)n1. The fourth-order valence-electron chi connectivity index (χ4n) is 1.87. The van der Waals surface area contributed by atoms with Gasteiger partial charge >= 0.3 is 5.97 Å². The zero-order valence-electron chi connectivity index (χ0n) is 11.8. The summed E-state index contributed by atoms with van der Waals surface area (Å²) in [5, 5.41) is 3.84. The lowest BCUT2D eigenvalue weighted by Crippen LogP contribution is -2.03. The smallest absolute Gasteiger partial charge is 0.309 e. The Kier molecular flexibility index (Phi) is 4.11. The highest BCUT2D eigenvalue weighted by atomic mass is 32.1. The lowest BCUT2D eigenvalue weighted by atomic mass is 10.2. The molecular formula is C16H13N3O2S. The van der Waals surface area contributed by atoms with Gasteiger partial charge < -0.3 is 10.1 Å². The maximum atomic E-state index is 11.0. The summed E-state index contributed by atoms with van der Waals surface area (Å²) < 4.78 is 4.96. The third-order valence-corrected chi connectivity index (χ3v) is 3.73. The first-order valence-electron chi connectivity index (χ1n) is 6.64. The summed E-state index contributed by atoms with van der Waals surface area (Å²) in [5.41, 5.74) is 1.12. The van der Waals surface area contributed by atoms with Crippen LogP contribution >= 0.6 is 11.3 Å². The average Bonchev–Trinajstić information content (AvgIpc) is 2.96. The van der Waals surface area contributed by atoms with Crippen LogP contribution in [0.25, 0.3) is 10.4 Å². The Hall–Kier alpha value is -2.73. The van der Waals surface area contributed by atoms with Gasteiger partial charge in [0.2, 0.25) is 5.88 Å². The Labute approximate surface area is 131 Å². The Bertz CT molecular complexity index is 787. The number of carbonyl (C=O) groups is 1. The summed E-state index contributed by atoms with van der Waals surface area (Å²) >= 11 is 1.53. The van der Waals surface area contributed by atoms with Crippen molar-refractivity contribution in [1.29, 1.82) is 0 Å². The summed E-state index contributed by atoms with van der Waals surface area (Å²) in [4.78, 5) is 20.6. The summed E-state index contributed by atoms with van der Waals surface area (Å²) in [6.45, 7) is 1.34. The Morgan fingerprint density at radius 1 is 1.14 bits per heavy atom. The van der Waals surface area contributed by atoms with Gasteiger partial charge in [0.15, 0.2) is 5.13 Å². The van der Waals surface area contributed by atoms with E-state index in [1.54, 1.807) is 18.2 Å². The van der Waals surface area contributed by atoms with E-state index in [0.29, 0.717) is 5.82 Å². The number of esters is 1. The zero-order valence-corrected chi connectivity index (χ0v) is 12.6. The fourth-order valence-corrected chi connectivity index (χ4v) is 2.69. The maximum Gasteiger partial charge on any atom is 0.309 e. The van der Waals surface area contributed by atoms with E-state index in [0.717, 1.165) is 15.6 Å². The number of benzene rings is 1. The molecule has 1 N–H and O–H groups in total. The van der Waals surface area contributed by atoms with Crippen LogP contribution in [0.15, 0.2) is 54.7 Å². The van der Waals surface area contributed by atoms with E-state index in [1.807, 2.05) is 36.5 Å². The molecular weight excluding hydrogens is 298 g/mol. The van der Waals surface area contributed by atoms with Crippen molar-refractivity contribution in [3.05, 3.63) is 54.7 Å². The second-order valence-corrected chi connectivity index (χ2v) is 5.51. The molecule has 2 aromatic heterocycles. The Morgan fingerprint density at radius 2 is 1.95 bits per heavy atom. The molecule has 22 heavy (non-hydrogen) atoms. The minimum absolute atomic E-state index is 0.261. The molecule has 1 aromatic carbocycles. The number of thiazole rings is 1. The zero-order chi connectivity index (χ0) is 15.4. The number of anilines is 2. The van der Waals surface area contributed by atoms with Crippen molar-refractivity contribution in [2.24, 2.45) is 0 Å². The topological polar surface area (TPSA) is 64.1 Å². The van der Waals surface area contributed by atoms with Crippen LogP contribution < -0.4 is 10.1 Å². The number of nitrogens with zero attached hydrogens (tertiary/aromatic N) is 2.